The average Bonchev–Trinajstić information content (AvgIpc) is 2.86. The molecule has 1 atom stereocenters. The number of methoxy groups -OCH3 is 1. The molecule has 0 fully saturated rings. The molecule has 0 saturated heterocycles. The molecule has 0 spiro atoms. The van der Waals surface area contributed by atoms with E-state index < -0.39 is 5.25 Å². The van der Waals surface area contributed by atoms with Crippen LogP contribution in [0.2, 0.25) is 0 Å². The fourth-order valence-corrected chi connectivity index (χ4v) is 4.41. The number of carbonyl (C=O) groups is 1. The van der Waals surface area contributed by atoms with E-state index in [1.54, 1.807) is 61.8 Å². The molecule has 1 amide bonds. The van der Waals surface area contributed by atoms with Gasteiger partial charge in [-0.1, -0.05) is 36.9 Å². The van der Waals surface area contributed by atoms with Crippen LogP contribution < -0.4 is 15.6 Å². The Bertz CT molecular complexity index is 1370. The number of hydrogen-bond donors (Lipinski definition) is 1. The number of thioether (sulfide) groups is 1. The van der Waals surface area contributed by atoms with E-state index in [2.05, 4.69) is 15.3 Å². The molecule has 0 saturated carbocycles. The number of hydrogen-bond acceptors (Lipinski definition) is 6. The molecule has 2 aromatic heterocycles. The maximum atomic E-state index is 13.4. The van der Waals surface area contributed by atoms with Crippen LogP contribution in [0.5, 0.6) is 5.75 Å². The lowest BCUT2D eigenvalue weighted by atomic mass is 10.2. The lowest BCUT2D eigenvalue weighted by Gasteiger charge is -2.18. The predicted octanol–water partition coefficient (Wildman–Crippen LogP) is 4.50. The van der Waals surface area contributed by atoms with Crippen molar-refractivity contribution in [2.75, 3.05) is 12.4 Å². The first-order chi connectivity index (χ1) is 16.5. The van der Waals surface area contributed by atoms with Gasteiger partial charge in [-0.05, 0) is 48.4 Å². The van der Waals surface area contributed by atoms with E-state index in [-0.39, 0.29) is 23.8 Å². The van der Waals surface area contributed by atoms with E-state index >= 15 is 0 Å². The van der Waals surface area contributed by atoms with Crippen LogP contribution in [0, 0.1) is 5.82 Å². The minimum Gasteiger partial charge on any atom is -0.497 e. The summed E-state index contributed by atoms with van der Waals surface area (Å²) in [5.74, 6) is 0.0603. The molecule has 0 bridgehead atoms. The van der Waals surface area contributed by atoms with E-state index in [1.165, 1.54) is 28.5 Å². The maximum Gasteiger partial charge on any atom is 0.263 e. The van der Waals surface area contributed by atoms with Crippen molar-refractivity contribution in [1.82, 2.24) is 14.5 Å². The summed E-state index contributed by atoms with van der Waals surface area (Å²) in [6.07, 6.45) is 2.08. The van der Waals surface area contributed by atoms with Crippen molar-refractivity contribution in [1.29, 1.82) is 0 Å². The second-order valence-corrected chi connectivity index (χ2v) is 8.69. The molecule has 4 aromatic rings. The number of pyridine rings is 1. The van der Waals surface area contributed by atoms with Gasteiger partial charge < -0.3 is 10.1 Å². The van der Waals surface area contributed by atoms with Gasteiger partial charge in [-0.2, -0.15) is 0 Å². The van der Waals surface area contributed by atoms with E-state index in [4.69, 9.17) is 4.74 Å². The van der Waals surface area contributed by atoms with Crippen LogP contribution in [0.3, 0.4) is 0 Å². The molecule has 1 N–H and O–H groups in total. The van der Waals surface area contributed by atoms with Crippen LogP contribution in [0.4, 0.5) is 10.1 Å². The van der Waals surface area contributed by atoms with Gasteiger partial charge in [-0.3, -0.25) is 14.2 Å². The zero-order valence-corrected chi connectivity index (χ0v) is 19.5. The molecule has 0 aliphatic rings. The Labute approximate surface area is 200 Å². The number of ether oxygens (including phenoxy) is 1. The number of amides is 1. The minimum absolute atomic E-state index is 0.188. The Kier molecular flexibility index (Phi) is 7.22. The van der Waals surface area contributed by atoms with Crippen LogP contribution in [0.1, 0.15) is 18.9 Å². The topological polar surface area (TPSA) is 86.1 Å². The minimum atomic E-state index is -0.515. The Balaban J connectivity index is 1.67. The number of nitrogens with zero attached hydrogens (tertiary/aromatic N) is 3. The molecule has 0 unspecified atom stereocenters. The normalized spacial score (nSPS) is 11.9. The van der Waals surface area contributed by atoms with Crippen molar-refractivity contribution in [2.24, 2.45) is 0 Å². The van der Waals surface area contributed by atoms with Crippen molar-refractivity contribution in [3.63, 3.8) is 0 Å². The second-order valence-electron chi connectivity index (χ2n) is 7.52. The van der Waals surface area contributed by atoms with Gasteiger partial charge in [0.15, 0.2) is 10.8 Å². The summed E-state index contributed by atoms with van der Waals surface area (Å²) in [6, 6.07) is 16.4. The highest BCUT2D eigenvalue weighted by Gasteiger charge is 2.23. The molecule has 9 heteroatoms. The molecule has 0 aliphatic carbocycles. The number of carbonyl (C=O) groups excluding carboxylic acids is 1. The Morgan fingerprint density at radius 3 is 2.71 bits per heavy atom. The number of rotatable bonds is 8. The van der Waals surface area contributed by atoms with Gasteiger partial charge in [0.2, 0.25) is 5.91 Å². The zero-order chi connectivity index (χ0) is 24.1. The van der Waals surface area contributed by atoms with E-state index in [0.717, 1.165) is 5.56 Å². The Morgan fingerprint density at radius 1 is 1.18 bits per heavy atom. The van der Waals surface area contributed by atoms with Gasteiger partial charge in [0.1, 0.15) is 11.6 Å². The van der Waals surface area contributed by atoms with Gasteiger partial charge in [0.05, 0.1) is 24.3 Å². The lowest BCUT2D eigenvalue weighted by Crippen LogP contribution is -2.28. The average molecular weight is 479 g/mol. The standard InChI is InChI=1S/C25H23FN4O3S/c1-3-21(23(31)28-18-6-4-7-19(14-18)33-2)34-25-29-22-20(8-5-13-27-22)24(32)30(25)15-16-9-11-17(26)12-10-16/h4-14,21H,3,15H2,1-2H3,(H,28,31)/t21-/m0/s1. The summed E-state index contributed by atoms with van der Waals surface area (Å²) in [4.78, 5) is 35.2. The van der Waals surface area contributed by atoms with Crippen molar-refractivity contribution < 1.29 is 13.9 Å². The molecule has 2 heterocycles. The molecule has 0 aliphatic heterocycles. The fourth-order valence-electron chi connectivity index (χ4n) is 3.41. The third kappa shape index (κ3) is 5.26. The number of benzene rings is 2. The molecule has 2 aromatic carbocycles. The number of anilines is 1. The first-order valence-electron chi connectivity index (χ1n) is 10.7. The first kappa shape index (κ1) is 23.4. The molecule has 0 radical (unpaired) electrons. The molecule has 34 heavy (non-hydrogen) atoms. The van der Waals surface area contributed by atoms with Gasteiger partial charge in [0, 0.05) is 18.0 Å². The number of aromatic nitrogens is 3. The molecular weight excluding hydrogens is 455 g/mol. The van der Waals surface area contributed by atoms with Gasteiger partial charge in [0.25, 0.3) is 5.56 Å². The van der Waals surface area contributed by atoms with E-state index in [1.807, 2.05) is 6.92 Å². The van der Waals surface area contributed by atoms with Crippen molar-refractivity contribution in [2.45, 2.75) is 30.3 Å². The molecule has 174 valence electrons. The lowest BCUT2D eigenvalue weighted by molar-refractivity contribution is -0.115. The van der Waals surface area contributed by atoms with Gasteiger partial charge in [-0.15, -0.1) is 0 Å². The van der Waals surface area contributed by atoms with Crippen LogP contribution >= 0.6 is 11.8 Å². The van der Waals surface area contributed by atoms with Crippen LogP contribution in [-0.2, 0) is 11.3 Å². The fraction of sp³-hybridized carbons (Fsp3) is 0.200. The smallest absolute Gasteiger partial charge is 0.263 e. The third-order valence-corrected chi connectivity index (χ3v) is 6.55. The Hall–Kier alpha value is -3.72. The van der Waals surface area contributed by atoms with Crippen LogP contribution in [0.25, 0.3) is 11.0 Å². The van der Waals surface area contributed by atoms with Crippen molar-refractivity contribution >= 4 is 34.4 Å². The van der Waals surface area contributed by atoms with Crippen molar-refractivity contribution in [3.05, 3.63) is 88.6 Å². The summed E-state index contributed by atoms with van der Waals surface area (Å²) in [5.41, 5.74) is 1.39. The summed E-state index contributed by atoms with van der Waals surface area (Å²) in [6.45, 7) is 2.08. The van der Waals surface area contributed by atoms with E-state index in [0.29, 0.717) is 34.0 Å². The molecular formula is C25H23FN4O3S. The van der Waals surface area contributed by atoms with Crippen molar-refractivity contribution in [3.8, 4) is 5.75 Å². The predicted molar refractivity (Wildman–Crippen MR) is 131 cm³/mol. The highest BCUT2D eigenvalue weighted by Crippen LogP contribution is 2.27. The monoisotopic (exact) mass is 478 g/mol. The summed E-state index contributed by atoms with van der Waals surface area (Å²) < 4.78 is 20.1. The zero-order valence-electron chi connectivity index (χ0n) is 18.7. The summed E-state index contributed by atoms with van der Waals surface area (Å²) in [7, 11) is 1.56. The SMILES string of the molecule is CC[C@H](Sc1nc2ncccc2c(=O)n1Cc1ccc(F)cc1)C(=O)Nc1cccc(OC)c1. The second kappa shape index (κ2) is 10.5. The molecule has 4 rings (SSSR count). The Morgan fingerprint density at radius 2 is 1.97 bits per heavy atom. The number of fused-ring (bicyclic) bond motifs is 1. The summed E-state index contributed by atoms with van der Waals surface area (Å²) >= 11 is 1.20. The van der Waals surface area contributed by atoms with Crippen LogP contribution in [0.15, 0.2) is 76.8 Å². The highest BCUT2D eigenvalue weighted by molar-refractivity contribution is 8.00. The van der Waals surface area contributed by atoms with Crippen LogP contribution in [-0.4, -0.2) is 32.8 Å². The molecule has 7 nitrogen and oxygen atoms in total. The van der Waals surface area contributed by atoms with Gasteiger partial charge in [-0.25, -0.2) is 14.4 Å². The summed E-state index contributed by atoms with van der Waals surface area (Å²) in [5, 5.41) is 3.13. The number of halogens is 1. The quantitative estimate of drug-likeness (QED) is 0.297. The van der Waals surface area contributed by atoms with E-state index in [9.17, 15) is 14.0 Å². The first-order valence-corrected chi connectivity index (χ1v) is 11.6. The largest absolute Gasteiger partial charge is 0.497 e. The maximum absolute atomic E-state index is 13.4. The third-order valence-electron chi connectivity index (χ3n) is 5.20. The van der Waals surface area contributed by atoms with Gasteiger partial charge >= 0.3 is 0 Å². The highest BCUT2D eigenvalue weighted by atomic mass is 32.2. The number of nitrogens with one attached hydrogen (secondary N) is 1.